The lowest BCUT2D eigenvalue weighted by Crippen LogP contribution is -2.40. The van der Waals surface area contributed by atoms with Gasteiger partial charge in [0, 0.05) is 24.0 Å². The molecule has 28 heavy (non-hydrogen) atoms. The summed E-state index contributed by atoms with van der Waals surface area (Å²) in [5, 5.41) is 3.29. The monoisotopic (exact) mass is 426 g/mol. The van der Waals surface area contributed by atoms with Crippen molar-refractivity contribution in [1.82, 2.24) is 4.31 Å². The minimum Gasteiger partial charge on any atom is -0.379 e. The number of hydrogen-bond acceptors (Lipinski definition) is 5. The molecule has 1 heterocycles. The summed E-state index contributed by atoms with van der Waals surface area (Å²) < 4.78 is 32.7. The molecular weight excluding hydrogens is 396 g/mol. The zero-order valence-electron chi connectivity index (χ0n) is 16.6. The highest BCUT2D eigenvalue weighted by atomic mass is 32.2. The Morgan fingerprint density at radius 2 is 1.89 bits per heavy atom. The minimum atomic E-state index is -3.60. The van der Waals surface area contributed by atoms with Crippen molar-refractivity contribution in [3.05, 3.63) is 23.8 Å². The van der Waals surface area contributed by atoms with Gasteiger partial charge in [-0.05, 0) is 44.4 Å². The summed E-state index contributed by atoms with van der Waals surface area (Å²) in [5.41, 5.74) is 1.20. The first kappa shape index (κ1) is 21.6. The van der Waals surface area contributed by atoms with Crippen LogP contribution in [0.2, 0.25) is 0 Å². The molecule has 156 valence electrons. The van der Waals surface area contributed by atoms with Crippen LogP contribution in [0, 0.1) is 6.92 Å². The summed E-state index contributed by atoms with van der Waals surface area (Å²) in [7, 11) is -3.60. The Hall–Kier alpha value is -1.09. The first-order valence-electron chi connectivity index (χ1n) is 10.0. The molecule has 0 aromatic heterocycles. The fourth-order valence-corrected chi connectivity index (χ4v) is 6.70. The van der Waals surface area contributed by atoms with E-state index in [2.05, 4.69) is 5.32 Å². The number of carbonyl (C=O) groups excluding carboxylic acids is 1. The quantitative estimate of drug-likeness (QED) is 0.754. The van der Waals surface area contributed by atoms with E-state index in [1.165, 1.54) is 36.4 Å². The Morgan fingerprint density at radius 3 is 2.57 bits per heavy atom. The molecule has 2 aliphatic rings. The Bertz CT molecular complexity index is 785. The van der Waals surface area contributed by atoms with Gasteiger partial charge >= 0.3 is 0 Å². The maximum Gasteiger partial charge on any atom is 0.243 e. The summed E-state index contributed by atoms with van der Waals surface area (Å²) in [4.78, 5) is 12.9. The van der Waals surface area contributed by atoms with Crippen molar-refractivity contribution in [2.75, 3.05) is 31.6 Å². The number of aryl methyl sites for hydroxylation is 1. The Labute approximate surface area is 172 Å². The summed E-state index contributed by atoms with van der Waals surface area (Å²) in [6, 6.07) is 5.10. The molecule has 1 aromatic carbocycles. The van der Waals surface area contributed by atoms with Crippen molar-refractivity contribution in [2.24, 2.45) is 0 Å². The predicted octanol–water partition coefficient (Wildman–Crippen LogP) is 3.41. The molecule has 1 aliphatic carbocycles. The van der Waals surface area contributed by atoms with Crippen LogP contribution in [0.4, 0.5) is 5.69 Å². The number of rotatable bonds is 6. The number of nitrogens with zero attached hydrogens (tertiary/aromatic N) is 1. The number of nitrogens with one attached hydrogen (secondary N) is 1. The second-order valence-electron chi connectivity index (χ2n) is 7.52. The topological polar surface area (TPSA) is 75.7 Å². The average Bonchev–Trinajstić information content (AvgIpc) is 2.70. The number of amides is 1. The lowest BCUT2D eigenvalue weighted by molar-refractivity contribution is -0.115. The highest BCUT2D eigenvalue weighted by molar-refractivity contribution is 8.01. The maximum absolute atomic E-state index is 13.0. The van der Waals surface area contributed by atoms with Gasteiger partial charge in [0.2, 0.25) is 15.9 Å². The number of ether oxygens (including phenoxy) is 1. The average molecular weight is 427 g/mol. The van der Waals surface area contributed by atoms with Gasteiger partial charge in [-0.15, -0.1) is 11.8 Å². The fourth-order valence-electron chi connectivity index (χ4n) is 3.68. The number of hydrogen-bond donors (Lipinski definition) is 1. The number of thioether (sulfide) groups is 1. The molecule has 1 N–H and O–H groups in total. The van der Waals surface area contributed by atoms with E-state index < -0.39 is 10.0 Å². The zero-order valence-corrected chi connectivity index (χ0v) is 18.3. The molecule has 1 atom stereocenters. The van der Waals surface area contributed by atoms with E-state index in [0.717, 1.165) is 0 Å². The van der Waals surface area contributed by atoms with Crippen LogP contribution in [0.3, 0.4) is 0 Å². The molecule has 1 aliphatic heterocycles. The second-order valence-corrected chi connectivity index (χ2v) is 11.1. The molecule has 0 spiro atoms. The number of carbonyl (C=O) groups is 1. The van der Waals surface area contributed by atoms with Crippen LogP contribution in [0.5, 0.6) is 0 Å². The third-order valence-corrected chi connectivity index (χ3v) is 8.88. The largest absolute Gasteiger partial charge is 0.379 e. The smallest absolute Gasteiger partial charge is 0.243 e. The number of benzene rings is 1. The van der Waals surface area contributed by atoms with Crippen molar-refractivity contribution in [2.45, 2.75) is 61.3 Å². The molecule has 1 saturated carbocycles. The molecule has 8 heteroatoms. The van der Waals surface area contributed by atoms with Gasteiger partial charge < -0.3 is 10.1 Å². The second kappa shape index (κ2) is 9.61. The van der Waals surface area contributed by atoms with Crippen LogP contribution >= 0.6 is 11.8 Å². The van der Waals surface area contributed by atoms with Gasteiger partial charge in [0.15, 0.2) is 0 Å². The van der Waals surface area contributed by atoms with Crippen LogP contribution in [-0.2, 0) is 19.6 Å². The van der Waals surface area contributed by atoms with Crippen molar-refractivity contribution >= 4 is 33.4 Å². The van der Waals surface area contributed by atoms with Crippen molar-refractivity contribution in [3.8, 4) is 0 Å². The molecular formula is C20H30N2O4S2. The standard InChI is InChI=1S/C20H30N2O4S2/c1-15-8-9-17(14-19(15)28(24,25)22-10-12-26-13-11-22)21-20(23)16(2)27-18-6-4-3-5-7-18/h8-9,14,16,18H,3-7,10-13H2,1-2H3,(H,21,23)/t16-/m0/s1. The van der Waals surface area contributed by atoms with Crippen LogP contribution in [0.25, 0.3) is 0 Å². The Balaban J connectivity index is 1.69. The highest BCUT2D eigenvalue weighted by Gasteiger charge is 2.28. The van der Waals surface area contributed by atoms with Crippen LogP contribution in [0.1, 0.15) is 44.6 Å². The first-order chi connectivity index (χ1) is 13.4. The van der Waals surface area contributed by atoms with Gasteiger partial charge in [0.25, 0.3) is 0 Å². The molecule has 3 rings (SSSR count). The van der Waals surface area contributed by atoms with Crippen molar-refractivity contribution in [1.29, 1.82) is 0 Å². The highest BCUT2D eigenvalue weighted by Crippen LogP contribution is 2.32. The van der Waals surface area contributed by atoms with E-state index in [1.807, 2.05) is 6.92 Å². The molecule has 1 saturated heterocycles. The fraction of sp³-hybridized carbons (Fsp3) is 0.650. The number of morpholine rings is 1. The first-order valence-corrected chi connectivity index (χ1v) is 12.4. The molecule has 0 bridgehead atoms. The van der Waals surface area contributed by atoms with E-state index in [-0.39, 0.29) is 16.1 Å². The molecule has 0 unspecified atom stereocenters. The van der Waals surface area contributed by atoms with Gasteiger partial charge in [-0.3, -0.25) is 4.79 Å². The van der Waals surface area contributed by atoms with E-state index in [9.17, 15) is 13.2 Å². The van der Waals surface area contributed by atoms with E-state index in [1.54, 1.807) is 36.9 Å². The SMILES string of the molecule is Cc1ccc(NC(=O)[C@H](C)SC2CCCCC2)cc1S(=O)(=O)N1CCOCC1. The van der Waals surface area contributed by atoms with Gasteiger partial charge in [0.1, 0.15) is 0 Å². The van der Waals surface area contributed by atoms with E-state index in [0.29, 0.717) is 42.8 Å². The normalized spacial score (nSPS) is 20.6. The molecule has 0 radical (unpaired) electrons. The maximum atomic E-state index is 13.0. The van der Waals surface area contributed by atoms with Gasteiger partial charge in [-0.2, -0.15) is 4.31 Å². The van der Waals surface area contributed by atoms with Gasteiger partial charge in [-0.25, -0.2) is 8.42 Å². The minimum absolute atomic E-state index is 0.0749. The lowest BCUT2D eigenvalue weighted by atomic mass is 10.0. The van der Waals surface area contributed by atoms with Crippen molar-refractivity contribution in [3.63, 3.8) is 0 Å². The van der Waals surface area contributed by atoms with Crippen LogP contribution < -0.4 is 5.32 Å². The molecule has 2 fully saturated rings. The summed E-state index contributed by atoms with van der Waals surface area (Å²) in [5.74, 6) is -0.0749. The lowest BCUT2D eigenvalue weighted by Gasteiger charge is -2.27. The Kier molecular flexibility index (Phi) is 7.42. The summed E-state index contributed by atoms with van der Waals surface area (Å²) in [6.07, 6.45) is 6.13. The molecule has 1 aromatic rings. The third kappa shape index (κ3) is 5.28. The molecule has 1 amide bonds. The van der Waals surface area contributed by atoms with Gasteiger partial charge in [-0.1, -0.05) is 25.3 Å². The third-order valence-electron chi connectivity index (χ3n) is 5.36. The van der Waals surface area contributed by atoms with Gasteiger partial charge in [0.05, 0.1) is 23.4 Å². The van der Waals surface area contributed by atoms with Crippen LogP contribution in [0.15, 0.2) is 23.1 Å². The number of anilines is 1. The zero-order chi connectivity index (χ0) is 20.1. The predicted molar refractivity (Wildman–Crippen MR) is 113 cm³/mol. The van der Waals surface area contributed by atoms with E-state index in [4.69, 9.17) is 4.74 Å². The Morgan fingerprint density at radius 1 is 1.21 bits per heavy atom. The summed E-state index contributed by atoms with van der Waals surface area (Å²) >= 11 is 1.73. The van der Waals surface area contributed by atoms with Crippen molar-refractivity contribution < 1.29 is 17.9 Å². The molecule has 6 nitrogen and oxygen atoms in total. The summed E-state index contributed by atoms with van der Waals surface area (Å²) in [6.45, 7) is 5.23. The van der Waals surface area contributed by atoms with E-state index >= 15 is 0 Å². The number of sulfonamides is 1. The van der Waals surface area contributed by atoms with Crippen LogP contribution in [-0.4, -0.2) is 55.4 Å².